The number of hydrogen-bond donors (Lipinski definition) is 1. The Morgan fingerprint density at radius 2 is 1.97 bits per heavy atom. The summed E-state index contributed by atoms with van der Waals surface area (Å²) in [5.41, 5.74) is 3.61. The van der Waals surface area contributed by atoms with Crippen LogP contribution in [-0.4, -0.2) is 54.3 Å². The van der Waals surface area contributed by atoms with E-state index in [1.807, 2.05) is 12.1 Å². The summed E-state index contributed by atoms with van der Waals surface area (Å²) < 4.78 is 17.5. The van der Waals surface area contributed by atoms with E-state index in [-0.39, 0.29) is 48.3 Å². The van der Waals surface area contributed by atoms with Gasteiger partial charge in [0.25, 0.3) is 0 Å². The average Bonchev–Trinajstić information content (AvgIpc) is 3.59. The minimum Gasteiger partial charge on any atom is -0.459 e. The van der Waals surface area contributed by atoms with Crippen molar-refractivity contribution in [2.75, 3.05) is 20.3 Å². The molecule has 1 aromatic rings. The third kappa shape index (κ3) is 4.73. The number of likely N-dealkylation sites (tertiary alicyclic amines) is 1. The molecule has 36 heavy (non-hydrogen) atoms. The number of nitrogens with zero attached hydrogens (tertiary/aromatic N) is 1. The summed E-state index contributed by atoms with van der Waals surface area (Å²) in [6, 6.07) is 3.74. The zero-order chi connectivity index (χ0) is 25.2. The second-order valence-electron chi connectivity index (χ2n) is 10.8. The van der Waals surface area contributed by atoms with Crippen LogP contribution in [0.25, 0.3) is 6.08 Å². The molecule has 1 aromatic heterocycles. The predicted molar refractivity (Wildman–Crippen MR) is 135 cm³/mol. The first kappa shape index (κ1) is 25.4. The predicted octanol–water partition coefficient (Wildman–Crippen LogP) is 4.64. The molecule has 5 rings (SSSR count). The topological polar surface area (TPSA) is 89.2 Å². The van der Waals surface area contributed by atoms with Crippen LogP contribution < -0.4 is 0 Å². The van der Waals surface area contributed by atoms with Crippen LogP contribution in [0.3, 0.4) is 0 Å². The maximum absolute atomic E-state index is 13.7. The number of carbonyl (C=O) groups is 2. The average molecular weight is 498 g/mol. The van der Waals surface area contributed by atoms with Crippen molar-refractivity contribution in [3.8, 4) is 0 Å². The van der Waals surface area contributed by atoms with Gasteiger partial charge in [0.2, 0.25) is 11.8 Å². The van der Waals surface area contributed by atoms with Gasteiger partial charge >= 0.3 is 0 Å². The number of ether oxygens (including phenoxy) is 2. The highest BCUT2D eigenvalue weighted by Gasteiger charge is 2.58. The Labute approximate surface area is 213 Å². The van der Waals surface area contributed by atoms with E-state index in [0.717, 1.165) is 56.3 Å². The van der Waals surface area contributed by atoms with Crippen molar-refractivity contribution in [2.24, 2.45) is 17.8 Å². The molecule has 1 N–H and O–H groups in total. The van der Waals surface area contributed by atoms with Gasteiger partial charge in [0.05, 0.1) is 31.2 Å². The van der Waals surface area contributed by atoms with Crippen LogP contribution >= 0.6 is 0 Å². The van der Waals surface area contributed by atoms with Crippen LogP contribution in [-0.2, 0) is 25.7 Å². The minimum absolute atomic E-state index is 0.0322. The molecule has 196 valence electrons. The molecule has 0 spiro atoms. The van der Waals surface area contributed by atoms with Gasteiger partial charge in [0.15, 0.2) is 0 Å². The zero-order valence-corrected chi connectivity index (χ0v) is 21.5. The molecule has 1 saturated carbocycles. The fraction of sp³-hybridized carbons (Fsp3) is 0.655. The highest BCUT2D eigenvalue weighted by molar-refractivity contribution is 6.06. The highest BCUT2D eigenvalue weighted by Crippen LogP contribution is 2.50. The Hall–Kier alpha value is -2.22. The first-order chi connectivity index (χ1) is 17.5. The molecule has 2 aliphatic carbocycles. The number of hydrogen-bond acceptors (Lipinski definition) is 6. The van der Waals surface area contributed by atoms with Crippen molar-refractivity contribution in [1.29, 1.82) is 0 Å². The summed E-state index contributed by atoms with van der Waals surface area (Å²) in [6.45, 7) is 3.00. The van der Waals surface area contributed by atoms with Crippen LogP contribution in [0.1, 0.15) is 76.2 Å². The highest BCUT2D eigenvalue weighted by atomic mass is 16.5. The largest absolute Gasteiger partial charge is 0.459 e. The normalized spacial score (nSPS) is 29.3. The van der Waals surface area contributed by atoms with E-state index in [2.05, 4.69) is 6.92 Å². The van der Waals surface area contributed by atoms with Crippen LogP contribution in [0.4, 0.5) is 0 Å². The molecule has 0 aromatic carbocycles. The number of carbonyl (C=O) groups excluding carboxylic acids is 2. The summed E-state index contributed by atoms with van der Waals surface area (Å²) in [6.07, 6.45) is 10.4. The zero-order valence-electron chi connectivity index (χ0n) is 21.5. The Morgan fingerprint density at radius 3 is 2.67 bits per heavy atom. The maximum atomic E-state index is 13.7. The quantitative estimate of drug-likeness (QED) is 0.395. The number of methoxy groups -OCH3 is 1. The van der Waals surface area contributed by atoms with E-state index >= 15 is 0 Å². The van der Waals surface area contributed by atoms with Crippen molar-refractivity contribution in [2.45, 2.75) is 83.5 Å². The third-order valence-corrected chi connectivity index (χ3v) is 8.67. The summed E-state index contributed by atoms with van der Waals surface area (Å²) in [5, 5.41) is 9.26. The number of amides is 2. The van der Waals surface area contributed by atoms with Crippen molar-refractivity contribution in [1.82, 2.24) is 4.90 Å². The molecule has 4 aliphatic rings. The number of furan rings is 1. The van der Waals surface area contributed by atoms with Crippen molar-refractivity contribution >= 4 is 17.9 Å². The molecular formula is C29H39NO6. The molecule has 2 aliphatic heterocycles. The number of aliphatic hydroxyl groups is 1. The summed E-state index contributed by atoms with van der Waals surface area (Å²) in [7, 11) is 1.69. The van der Waals surface area contributed by atoms with Crippen LogP contribution in [0.2, 0.25) is 0 Å². The smallest absolute Gasteiger partial charge is 0.234 e. The molecular weight excluding hydrogens is 458 g/mol. The lowest BCUT2D eigenvalue weighted by Gasteiger charge is -2.31. The Kier molecular flexibility index (Phi) is 7.79. The lowest BCUT2D eigenvalue weighted by molar-refractivity contribution is -0.143. The van der Waals surface area contributed by atoms with Crippen molar-refractivity contribution < 1.29 is 28.6 Å². The van der Waals surface area contributed by atoms with E-state index in [9.17, 15) is 14.7 Å². The fourth-order valence-electron chi connectivity index (χ4n) is 6.93. The van der Waals surface area contributed by atoms with Gasteiger partial charge in [-0.25, -0.2) is 0 Å². The number of imide groups is 1. The van der Waals surface area contributed by atoms with Gasteiger partial charge in [-0.05, 0) is 67.9 Å². The van der Waals surface area contributed by atoms with Gasteiger partial charge in [0, 0.05) is 19.1 Å². The molecule has 4 atom stereocenters. The Balaban J connectivity index is 1.34. The number of allylic oxidation sites excluding steroid dienone is 1. The molecule has 0 radical (unpaired) electrons. The van der Waals surface area contributed by atoms with Gasteiger partial charge in [-0.2, -0.15) is 0 Å². The molecule has 7 heteroatoms. The van der Waals surface area contributed by atoms with E-state index in [4.69, 9.17) is 13.9 Å². The summed E-state index contributed by atoms with van der Waals surface area (Å²) >= 11 is 0. The second-order valence-corrected chi connectivity index (χ2v) is 10.8. The van der Waals surface area contributed by atoms with E-state index < -0.39 is 0 Å². The number of fused-ring (bicyclic) bond motifs is 3. The second kappa shape index (κ2) is 11.0. The fourth-order valence-corrected chi connectivity index (χ4v) is 6.93. The van der Waals surface area contributed by atoms with Crippen LogP contribution in [0.15, 0.2) is 33.3 Å². The molecule has 7 nitrogen and oxygen atoms in total. The van der Waals surface area contributed by atoms with Crippen LogP contribution in [0.5, 0.6) is 0 Å². The maximum Gasteiger partial charge on any atom is 0.234 e. The van der Waals surface area contributed by atoms with E-state index in [1.165, 1.54) is 17.6 Å². The Morgan fingerprint density at radius 1 is 1.17 bits per heavy atom. The van der Waals surface area contributed by atoms with E-state index in [0.29, 0.717) is 25.4 Å². The first-order valence-corrected chi connectivity index (χ1v) is 13.6. The lowest BCUT2D eigenvalue weighted by Crippen LogP contribution is -2.42. The van der Waals surface area contributed by atoms with Crippen molar-refractivity contribution in [3.05, 3.63) is 40.4 Å². The number of rotatable bonds is 9. The van der Waals surface area contributed by atoms with Crippen molar-refractivity contribution in [3.63, 3.8) is 0 Å². The number of aliphatic hydroxyl groups excluding tert-OH is 1. The molecule has 2 saturated heterocycles. The van der Waals surface area contributed by atoms with Gasteiger partial charge in [-0.15, -0.1) is 0 Å². The Bertz CT molecular complexity index is 1030. The van der Waals surface area contributed by atoms with Gasteiger partial charge < -0.3 is 19.0 Å². The van der Waals surface area contributed by atoms with E-state index in [1.54, 1.807) is 18.1 Å². The van der Waals surface area contributed by atoms with Crippen LogP contribution in [0, 0.1) is 17.8 Å². The minimum atomic E-state index is -0.291. The SMILES string of the molecule is CC/C(=C\c1ccc(CO)o1)CC[C@H]1OC[C@H]2C1=C(COC)C[C@H]1C(=O)N(C3CCCCC3)C(=O)[C@H]12. The molecule has 0 bridgehead atoms. The van der Waals surface area contributed by atoms with Gasteiger partial charge in [-0.3, -0.25) is 14.5 Å². The molecule has 0 unspecified atom stereocenters. The first-order valence-electron chi connectivity index (χ1n) is 13.6. The molecule has 2 amide bonds. The molecule has 3 fully saturated rings. The summed E-state index contributed by atoms with van der Waals surface area (Å²) in [4.78, 5) is 28.8. The molecule has 3 heterocycles. The monoisotopic (exact) mass is 497 g/mol. The van der Waals surface area contributed by atoms with Gasteiger partial charge in [0.1, 0.15) is 18.1 Å². The summed E-state index contributed by atoms with van der Waals surface area (Å²) in [5.74, 6) is 0.779. The standard InChI is InChI=1S/C29H39NO6/c1-3-18(13-21-10-11-22(15-31)36-21)9-12-25-26-19(16-34-2)14-23-27(24(26)17-35-25)29(33)30(28(23)32)20-7-5-4-6-8-20/h10-11,13,20,23-25,27,31H,3-9,12,14-17H2,1-2H3/b18-13+/t23-,24+,25-,27-/m1/s1. The third-order valence-electron chi connectivity index (χ3n) is 8.67. The van der Waals surface area contributed by atoms with Gasteiger partial charge in [-0.1, -0.05) is 31.8 Å². The lowest BCUT2D eigenvalue weighted by atomic mass is 9.69.